The number of benzene rings is 1. The number of amides is 1. The molecule has 0 bridgehead atoms. The molecule has 0 aliphatic carbocycles. The first-order valence-electron chi connectivity index (χ1n) is 12.7. The van der Waals surface area contributed by atoms with Gasteiger partial charge in [0.2, 0.25) is 5.91 Å². The number of primary amides is 1. The van der Waals surface area contributed by atoms with Gasteiger partial charge in [0.15, 0.2) is 11.3 Å². The molecule has 9 nitrogen and oxygen atoms in total. The van der Waals surface area contributed by atoms with Crippen LogP contribution in [0.2, 0.25) is 10.0 Å². The van der Waals surface area contributed by atoms with E-state index in [4.69, 9.17) is 33.9 Å². The Balaban J connectivity index is 1.30. The predicted molar refractivity (Wildman–Crippen MR) is 144 cm³/mol. The quantitative estimate of drug-likeness (QED) is 0.458. The van der Waals surface area contributed by atoms with Gasteiger partial charge in [-0.3, -0.25) is 4.79 Å². The summed E-state index contributed by atoms with van der Waals surface area (Å²) in [7, 11) is 0. The van der Waals surface area contributed by atoms with Crippen LogP contribution in [0.15, 0.2) is 24.4 Å². The summed E-state index contributed by atoms with van der Waals surface area (Å²) in [5.41, 5.74) is 7.42. The highest BCUT2D eigenvalue weighted by atomic mass is 35.5. The minimum Gasteiger partial charge on any atom is -0.370 e. The van der Waals surface area contributed by atoms with E-state index in [1.807, 2.05) is 13.0 Å². The molecule has 2 aliphatic rings. The Bertz CT molecular complexity index is 1350. The van der Waals surface area contributed by atoms with Crippen molar-refractivity contribution in [1.82, 2.24) is 24.6 Å². The molecule has 4 heterocycles. The van der Waals surface area contributed by atoms with Gasteiger partial charge in [-0.25, -0.2) is 14.6 Å². The average Bonchev–Trinajstić information content (AvgIpc) is 3.21. The summed E-state index contributed by atoms with van der Waals surface area (Å²) in [6, 6.07) is 7.24. The molecule has 2 saturated heterocycles. The number of rotatable bonds is 8. The molecular weight excluding hydrogens is 511 g/mol. The summed E-state index contributed by atoms with van der Waals surface area (Å²) in [6.45, 7) is 6.91. The molecular formula is C26H30Cl2N8O. The van der Waals surface area contributed by atoms with E-state index in [-0.39, 0.29) is 17.6 Å². The second kappa shape index (κ2) is 10.8. The van der Waals surface area contributed by atoms with Crippen molar-refractivity contribution in [2.24, 2.45) is 17.6 Å². The van der Waals surface area contributed by atoms with Crippen LogP contribution in [-0.4, -0.2) is 63.3 Å². The van der Waals surface area contributed by atoms with Crippen LogP contribution in [0.25, 0.3) is 11.2 Å². The van der Waals surface area contributed by atoms with Crippen molar-refractivity contribution >= 4 is 46.1 Å². The van der Waals surface area contributed by atoms with E-state index in [2.05, 4.69) is 26.0 Å². The topological polar surface area (TPSA) is 117 Å². The zero-order valence-corrected chi connectivity index (χ0v) is 22.3. The number of hydrogen-bond acceptors (Lipinski definition) is 7. The number of anilines is 1. The van der Waals surface area contributed by atoms with Crippen LogP contribution >= 0.6 is 23.2 Å². The van der Waals surface area contributed by atoms with Crippen LogP contribution in [0, 0.1) is 23.2 Å². The monoisotopic (exact) mass is 540 g/mol. The first kappa shape index (κ1) is 25.7. The van der Waals surface area contributed by atoms with Crippen molar-refractivity contribution in [3.05, 3.63) is 45.7 Å². The molecule has 2 aliphatic heterocycles. The van der Waals surface area contributed by atoms with Crippen molar-refractivity contribution in [2.75, 3.05) is 37.6 Å². The van der Waals surface area contributed by atoms with Crippen LogP contribution < -0.4 is 10.6 Å². The molecule has 37 heavy (non-hydrogen) atoms. The lowest BCUT2D eigenvalue weighted by molar-refractivity contribution is -0.118. The zero-order valence-electron chi connectivity index (χ0n) is 20.8. The number of nitrogens with two attached hydrogens (primary N) is 1. The van der Waals surface area contributed by atoms with E-state index in [1.165, 1.54) is 12.8 Å². The van der Waals surface area contributed by atoms with E-state index in [0.29, 0.717) is 39.5 Å². The maximum absolute atomic E-state index is 11.1. The third-order valence-corrected chi connectivity index (χ3v) is 8.18. The van der Waals surface area contributed by atoms with Gasteiger partial charge in [-0.05, 0) is 68.8 Å². The van der Waals surface area contributed by atoms with E-state index in [9.17, 15) is 10.1 Å². The Morgan fingerprint density at radius 3 is 2.81 bits per heavy atom. The number of likely N-dealkylation sites (tertiary alicyclic amines) is 1. The molecule has 2 aromatic heterocycles. The van der Waals surface area contributed by atoms with Crippen molar-refractivity contribution in [2.45, 2.75) is 38.6 Å². The normalized spacial score (nSPS) is 19.5. The number of aromatic nitrogens is 4. The Labute approximate surface area is 226 Å². The fourth-order valence-corrected chi connectivity index (χ4v) is 6.09. The van der Waals surface area contributed by atoms with Crippen LogP contribution in [0.4, 0.5) is 5.82 Å². The summed E-state index contributed by atoms with van der Waals surface area (Å²) in [4.78, 5) is 25.2. The number of nitrogens with zero attached hydrogens (tertiary/aromatic N) is 7. The van der Waals surface area contributed by atoms with Crippen molar-refractivity contribution in [3.63, 3.8) is 0 Å². The largest absolute Gasteiger partial charge is 0.370 e. The maximum atomic E-state index is 11.1. The van der Waals surface area contributed by atoms with Crippen LogP contribution in [0.5, 0.6) is 0 Å². The van der Waals surface area contributed by atoms with Gasteiger partial charge in [0.25, 0.3) is 0 Å². The van der Waals surface area contributed by atoms with Crippen LogP contribution in [0.1, 0.15) is 49.9 Å². The Morgan fingerprint density at radius 2 is 2.08 bits per heavy atom. The van der Waals surface area contributed by atoms with Gasteiger partial charge in [-0.2, -0.15) is 10.4 Å². The van der Waals surface area contributed by atoms with E-state index in [0.717, 1.165) is 50.5 Å². The molecule has 2 N–H and O–H groups in total. The number of fused-ring (bicyclic) bond motifs is 1. The summed E-state index contributed by atoms with van der Waals surface area (Å²) in [6.07, 6.45) is 5.43. The van der Waals surface area contributed by atoms with Gasteiger partial charge >= 0.3 is 0 Å². The first-order chi connectivity index (χ1) is 17.8. The molecule has 0 radical (unpaired) electrons. The molecule has 2 unspecified atom stereocenters. The van der Waals surface area contributed by atoms with Crippen molar-refractivity contribution < 1.29 is 4.79 Å². The second-order valence-corrected chi connectivity index (χ2v) is 10.9. The molecule has 0 saturated carbocycles. The minimum atomic E-state index is -0.258. The fourth-order valence-electron chi connectivity index (χ4n) is 5.52. The van der Waals surface area contributed by atoms with Gasteiger partial charge in [0, 0.05) is 36.1 Å². The highest BCUT2D eigenvalue weighted by Gasteiger charge is 2.36. The SMILES string of the molecule is CC(c1ccc(Cl)cc1Cl)n1nc(C#N)c2ncc(N3CC(C4CCCN(CCCC(N)=O)C4)C3)nc21. The molecule has 1 amide bonds. The van der Waals surface area contributed by atoms with E-state index < -0.39 is 0 Å². The Hall–Kier alpha value is -2.93. The third-order valence-electron chi connectivity index (χ3n) is 7.62. The molecule has 5 rings (SSSR count). The van der Waals surface area contributed by atoms with Gasteiger partial charge < -0.3 is 15.5 Å². The molecule has 0 spiro atoms. The van der Waals surface area contributed by atoms with E-state index in [1.54, 1.807) is 23.0 Å². The summed E-state index contributed by atoms with van der Waals surface area (Å²) < 4.78 is 1.72. The Kier molecular flexibility index (Phi) is 7.52. The zero-order chi connectivity index (χ0) is 26.1. The number of carbonyl (C=O) groups is 1. The van der Waals surface area contributed by atoms with Gasteiger partial charge in [0.1, 0.15) is 17.4 Å². The molecule has 194 valence electrons. The molecule has 2 atom stereocenters. The minimum absolute atomic E-state index is 0.227. The maximum Gasteiger partial charge on any atom is 0.217 e. The number of piperidine rings is 1. The van der Waals surface area contributed by atoms with Gasteiger partial charge in [0.05, 0.1) is 12.2 Å². The second-order valence-electron chi connectivity index (χ2n) is 10.1. The summed E-state index contributed by atoms with van der Waals surface area (Å²) in [5.74, 6) is 1.80. The standard InChI is InChI=1S/C26H30Cl2N8O/c1-16(20-7-6-19(27)10-21(20)28)36-26-25(22(11-29)33-36)31-12-24(32-26)35-14-18(15-35)17-4-2-8-34(13-17)9-3-5-23(30)37/h6-7,10,12,16-18H,2-5,8-9,13-15H2,1H3,(H2,30,37). The lowest BCUT2D eigenvalue weighted by Crippen LogP contribution is -2.54. The highest BCUT2D eigenvalue weighted by molar-refractivity contribution is 6.35. The number of nitriles is 1. The molecule has 1 aromatic carbocycles. The van der Waals surface area contributed by atoms with Crippen molar-refractivity contribution in [3.8, 4) is 6.07 Å². The molecule has 2 fully saturated rings. The molecule has 11 heteroatoms. The average molecular weight is 541 g/mol. The number of carbonyl (C=O) groups excluding carboxylic acids is 1. The Morgan fingerprint density at radius 1 is 1.27 bits per heavy atom. The van der Waals surface area contributed by atoms with E-state index >= 15 is 0 Å². The van der Waals surface area contributed by atoms with Crippen LogP contribution in [0.3, 0.4) is 0 Å². The third kappa shape index (κ3) is 5.37. The smallest absolute Gasteiger partial charge is 0.217 e. The first-order valence-corrected chi connectivity index (χ1v) is 13.5. The number of halogens is 2. The van der Waals surface area contributed by atoms with Gasteiger partial charge in [-0.1, -0.05) is 29.3 Å². The summed E-state index contributed by atoms with van der Waals surface area (Å²) in [5, 5.41) is 15.2. The van der Waals surface area contributed by atoms with Crippen LogP contribution in [-0.2, 0) is 4.79 Å². The summed E-state index contributed by atoms with van der Waals surface area (Å²) >= 11 is 12.5. The fraction of sp³-hybridized carbons (Fsp3) is 0.500. The predicted octanol–water partition coefficient (Wildman–Crippen LogP) is 4.03. The lowest BCUT2D eigenvalue weighted by atomic mass is 9.80. The molecule has 3 aromatic rings. The highest BCUT2D eigenvalue weighted by Crippen LogP contribution is 2.35. The van der Waals surface area contributed by atoms with Crippen molar-refractivity contribution in [1.29, 1.82) is 5.26 Å². The van der Waals surface area contributed by atoms with Gasteiger partial charge in [-0.15, -0.1) is 0 Å². The lowest BCUT2D eigenvalue weighted by Gasteiger charge is -2.47. The number of hydrogen-bond donors (Lipinski definition) is 1.